The Labute approximate surface area is 67.3 Å². The van der Waals surface area contributed by atoms with Crippen molar-refractivity contribution in [1.29, 1.82) is 0 Å². The summed E-state index contributed by atoms with van der Waals surface area (Å²) in [4.78, 5) is 10.7. The second kappa shape index (κ2) is 3.90. The average Bonchev–Trinajstić information content (AvgIpc) is 2.01. The predicted molar refractivity (Wildman–Crippen MR) is 37.3 cm³/mol. The highest BCUT2D eigenvalue weighted by Gasteiger charge is 2.33. The maximum absolute atomic E-state index is 10.7. The zero-order valence-corrected chi connectivity index (χ0v) is 7.09. The van der Waals surface area contributed by atoms with Gasteiger partial charge in [0.2, 0.25) is 0 Å². The molecule has 0 radical (unpaired) electrons. The maximum atomic E-state index is 10.7. The van der Waals surface area contributed by atoms with Crippen molar-refractivity contribution in [1.82, 2.24) is 0 Å². The molecule has 0 aliphatic carbocycles. The molecule has 0 spiro atoms. The van der Waals surface area contributed by atoms with E-state index in [-0.39, 0.29) is 0 Å². The highest BCUT2D eigenvalue weighted by molar-refractivity contribution is 9.06. The van der Waals surface area contributed by atoms with Crippen LogP contribution in [0.5, 0.6) is 0 Å². The van der Waals surface area contributed by atoms with Crippen LogP contribution in [-0.4, -0.2) is 29.4 Å². The molecule has 0 unspecified atom stereocenters. The van der Waals surface area contributed by atoms with Gasteiger partial charge in [0.05, 0.1) is 13.2 Å². The molecule has 0 aromatic carbocycles. The topological polar surface area (TPSA) is 66.8 Å². The van der Waals surface area contributed by atoms with Crippen LogP contribution in [0.15, 0.2) is 0 Å². The van der Waals surface area contributed by atoms with E-state index in [4.69, 9.17) is 10.2 Å². The van der Waals surface area contributed by atoms with E-state index in [0.29, 0.717) is 0 Å². The molecule has 0 aliphatic rings. The Morgan fingerprint density at radius 1 is 1.60 bits per heavy atom. The molecule has 0 rings (SSSR count). The number of carbonyl (C=O) groups is 1. The molecule has 0 aromatic rings. The molecule has 0 amide bonds. The lowest BCUT2D eigenvalue weighted by atomic mass is 9.94. The summed E-state index contributed by atoms with van der Waals surface area (Å²) >= 11 is 2.46. The lowest BCUT2D eigenvalue weighted by molar-refractivity contribution is -0.147. The van der Waals surface area contributed by atoms with Crippen LogP contribution in [0, 0.1) is 5.41 Å². The average molecular weight is 213 g/mol. The summed E-state index contributed by atoms with van der Waals surface area (Å²) in [6.45, 7) is 0.526. The van der Waals surface area contributed by atoms with Crippen LogP contribution >= 0.6 is 16.3 Å². The first-order chi connectivity index (χ1) is 4.60. The molecular formula is C5H9BrO4. The van der Waals surface area contributed by atoms with Crippen molar-refractivity contribution >= 4 is 22.2 Å². The van der Waals surface area contributed by atoms with Gasteiger partial charge in [-0.1, -0.05) is 0 Å². The van der Waals surface area contributed by atoms with Crippen molar-refractivity contribution in [3.05, 3.63) is 0 Å². The van der Waals surface area contributed by atoms with Crippen molar-refractivity contribution in [2.75, 3.05) is 13.2 Å². The maximum Gasteiger partial charge on any atom is 0.327 e. The molecule has 5 heteroatoms. The second-order valence-electron chi connectivity index (χ2n) is 2.24. The molecule has 0 fully saturated rings. The summed E-state index contributed by atoms with van der Waals surface area (Å²) in [6, 6.07) is 0. The third kappa shape index (κ3) is 1.93. The minimum absolute atomic E-state index is 0.437. The summed E-state index contributed by atoms with van der Waals surface area (Å²) in [5, 5.41) is 17.2. The van der Waals surface area contributed by atoms with E-state index in [9.17, 15) is 4.79 Å². The lowest BCUT2D eigenvalue weighted by Crippen LogP contribution is -2.35. The molecule has 10 heavy (non-hydrogen) atoms. The summed E-state index contributed by atoms with van der Waals surface area (Å²) in [5.41, 5.74) is -1.20. The third-order valence-corrected chi connectivity index (χ3v) is 1.55. The minimum atomic E-state index is -1.20. The Hall–Kier alpha value is -0.130. The Kier molecular flexibility index (Phi) is 3.85. The van der Waals surface area contributed by atoms with Crippen LogP contribution in [0.3, 0.4) is 0 Å². The Balaban J connectivity index is 4.17. The quantitative estimate of drug-likeness (QED) is 0.682. The minimum Gasteiger partial charge on any atom is -0.395 e. The van der Waals surface area contributed by atoms with Gasteiger partial charge < -0.3 is 14.0 Å². The van der Waals surface area contributed by atoms with Crippen LogP contribution < -0.4 is 0 Å². The molecule has 4 nitrogen and oxygen atoms in total. The largest absolute Gasteiger partial charge is 0.395 e. The Bertz CT molecular complexity index is 121. The molecule has 60 valence electrons. The first-order valence-corrected chi connectivity index (χ1v) is 3.30. The summed E-state index contributed by atoms with van der Waals surface area (Å²) in [7, 11) is 0. The first-order valence-electron chi connectivity index (χ1n) is 2.65. The molecular weight excluding hydrogens is 204 g/mol. The van der Waals surface area contributed by atoms with Gasteiger partial charge in [-0.3, -0.25) is 4.79 Å². The van der Waals surface area contributed by atoms with Crippen molar-refractivity contribution in [3.63, 3.8) is 0 Å². The van der Waals surface area contributed by atoms with Crippen molar-refractivity contribution in [2.45, 2.75) is 6.92 Å². The van der Waals surface area contributed by atoms with E-state index in [1.807, 2.05) is 0 Å². The molecule has 0 heterocycles. The van der Waals surface area contributed by atoms with Crippen molar-refractivity contribution in [2.24, 2.45) is 5.41 Å². The molecule has 0 bridgehead atoms. The highest BCUT2D eigenvalue weighted by atomic mass is 79.9. The van der Waals surface area contributed by atoms with Crippen LogP contribution in [0.2, 0.25) is 0 Å². The number of rotatable bonds is 3. The predicted octanol–water partition coefficient (Wildman–Crippen LogP) is -0.170. The van der Waals surface area contributed by atoms with E-state index < -0.39 is 24.6 Å². The summed E-state index contributed by atoms with van der Waals surface area (Å²) in [5.74, 6) is -0.683. The van der Waals surface area contributed by atoms with Gasteiger partial charge in [0.25, 0.3) is 0 Å². The zero-order chi connectivity index (χ0) is 8.20. The van der Waals surface area contributed by atoms with Gasteiger partial charge in [0.1, 0.15) is 5.41 Å². The van der Waals surface area contributed by atoms with E-state index in [1.165, 1.54) is 6.92 Å². The molecule has 0 aliphatic heterocycles. The van der Waals surface area contributed by atoms with Gasteiger partial charge in [-0.2, -0.15) is 0 Å². The van der Waals surface area contributed by atoms with Crippen LogP contribution in [-0.2, 0) is 8.62 Å². The fraction of sp³-hybridized carbons (Fsp3) is 0.800. The number of carbonyl (C=O) groups excluding carboxylic acids is 1. The van der Waals surface area contributed by atoms with Crippen molar-refractivity contribution in [3.8, 4) is 0 Å². The van der Waals surface area contributed by atoms with Crippen LogP contribution in [0.1, 0.15) is 6.92 Å². The van der Waals surface area contributed by atoms with E-state index in [2.05, 4.69) is 20.1 Å². The smallest absolute Gasteiger partial charge is 0.327 e. The van der Waals surface area contributed by atoms with E-state index in [1.54, 1.807) is 0 Å². The van der Waals surface area contributed by atoms with Gasteiger partial charge in [-0.05, 0) is 6.92 Å². The number of hydrogen-bond acceptors (Lipinski definition) is 4. The van der Waals surface area contributed by atoms with Gasteiger partial charge in [0, 0.05) is 0 Å². The molecule has 0 atom stereocenters. The van der Waals surface area contributed by atoms with Gasteiger partial charge in [0.15, 0.2) is 16.3 Å². The Morgan fingerprint density at radius 2 is 2.00 bits per heavy atom. The highest BCUT2D eigenvalue weighted by Crippen LogP contribution is 2.17. The second-order valence-corrected chi connectivity index (χ2v) is 2.57. The van der Waals surface area contributed by atoms with Crippen LogP contribution in [0.4, 0.5) is 0 Å². The Morgan fingerprint density at radius 3 is 2.10 bits per heavy atom. The number of aliphatic hydroxyl groups excluding tert-OH is 2. The molecule has 2 N–H and O–H groups in total. The SMILES string of the molecule is CC(CO)(CO)C(=O)OBr. The van der Waals surface area contributed by atoms with Gasteiger partial charge in [-0.15, -0.1) is 0 Å². The summed E-state index contributed by atoms with van der Waals surface area (Å²) < 4.78 is 4.15. The van der Waals surface area contributed by atoms with Gasteiger partial charge in [-0.25, -0.2) is 0 Å². The van der Waals surface area contributed by atoms with Gasteiger partial charge >= 0.3 is 5.97 Å². The number of halogens is 1. The van der Waals surface area contributed by atoms with E-state index >= 15 is 0 Å². The van der Waals surface area contributed by atoms with E-state index in [0.717, 1.165) is 0 Å². The third-order valence-electron chi connectivity index (χ3n) is 1.26. The number of hydrogen-bond donors (Lipinski definition) is 2. The fourth-order valence-electron chi connectivity index (χ4n) is 0.272. The fourth-order valence-corrected chi connectivity index (χ4v) is 0.663. The lowest BCUT2D eigenvalue weighted by Gasteiger charge is -2.19. The molecule has 0 aromatic heterocycles. The standard InChI is InChI=1S/C5H9BrO4/c1-5(2-7,3-8)4(9)10-6/h7-8H,2-3H2,1H3. The monoisotopic (exact) mass is 212 g/mol. The number of aliphatic hydroxyl groups is 2. The van der Waals surface area contributed by atoms with Crippen molar-refractivity contribution < 1.29 is 18.8 Å². The normalized spacial score (nSPS) is 11.2. The first kappa shape index (κ1) is 9.87. The summed E-state index contributed by atoms with van der Waals surface area (Å²) in [6.07, 6.45) is 0. The molecule has 0 saturated carbocycles. The van der Waals surface area contributed by atoms with Crippen LogP contribution in [0.25, 0.3) is 0 Å². The zero-order valence-electron chi connectivity index (χ0n) is 5.50. The molecule has 0 saturated heterocycles.